The number of hydrogen-bond donors (Lipinski definition) is 0. The molecule has 0 aliphatic rings. The maximum absolute atomic E-state index is 6.67. The number of quaternary nitrogens is 1. The molecule has 1 atom stereocenters. The first-order valence-electron chi connectivity index (χ1n) is 12.3. The summed E-state index contributed by atoms with van der Waals surface area (Å²) >= 11 is 12.9. The Kier molecular flexibility index (Phi) is 14.6. The van der Waals surface area contributed by atoms with Gasteiger partial charge in [-0.3, -0.25) is 0 Å². The first kappa shape index (κ1) is 29.3. The lowest BCUT2D eigenvalue weighted by atomic mass is 9.95. The molecule has 0 saturated carbocycles. The third kappa shape index (κ3) is 10.5. The fourth-order valence-electron chi connectivity index (χ4n) is 4.51. The lowest BCUT2D eigenvalue weighted by Gasteiger charge is -2.39. The second-order valence-electron chi connectivity index (χ2n) is 9.56. The summed E-state index contributed by atoms with van der Waals surface area (Å²) in [5.41, 5.74) is 2.56. The molecule has 4 heteroatoms. The molecule has 2 aromatic rings. The molecule has 0 aliphatic heterocycles. The molecule has 32 heavy (non-hydrogen) atoms. The Labute approximate surface area is 213 Å². The van der Waals surface area contributed by atoms with Crippen molar-refractivity contribution in [1.29, 1.82) is 0 Å². The average molecular weight is 499 g/mol. The number of likely N-dealkylation sites (N-methyl/N-ethyl adjacent to an activating group) is 1. The lowest BCUT2D eigenvalue weighted by molar-refractivity contribution is -0.921. The van der Waals surface area contributed by atoms with Crippen LogP contribution in [0, 0.1) is 0 Å². The predicted octanol–water partition coefficient (Wildman–Crippen LogP) is 6.28. The summed E-state index contributed by atoms with van der Waals surface area (Å²) in [4.78, 5) is 0. The van der Waals surface area contributed by atoms with Crippen LogP contribution in [-0.2, 0) is 6.42 Å². The van der Waals surface area contributed by atoms with Crippen LogP contribution in [0.1, 0.15) is 88.3 Å². The topological polar surface area (TPSA) is 0 Å². The quantitative estimate of drug-likeness (QED) is 0.200. The van der Waals surface area contributed by atoms with E-state index in [1.807, 2.05) is 12.1 Å². The molecule has 0 radical (unpaired) electrons. The van der Waals surface area contributed by atoms with Crippen LogP contribution in [0.4, 0.5) is 0 Å². The highest BCUT2D eigenvalue weighted by atomic mass is 35.5. The summed E-state index contributed by atoms with van der Waals surface area (Å²) in [5.74, 6) is 0. The van der Waals surface area contributed by atoms with Gasteiger partial charge in [-0.2, -0.15) is 0 Å². The number of rotatable bonds is 15. The van der Waals surface area contributed by atoms with E-state index in [-0.39, 0.29) is 12.4 Å². The van der Waals surface area contributed by atoms with Crippen molar-refractivity contribution in [2.24, 2.45) is 0 Å². The number of hydrogen-bond acceptors (Lipinski definition) is 0. The van der Waals surface area contributed by atoms with E-state index in [9.17, 15) is 0 Å². The zero-order chi connectivity index (χ0) is 22.5. The summed E-state index contributed by atoms with van der Waals surface area (Å²) in [6.45, 7) is 3.44. The normalized spacial score (nSPS) is 12.4. The molecule has 0 saturated heterocycles. The minimum Gasteiger partial charge on any atom is -1.00 e. The van der Waals surface area contributed by atoms with E-state index in [1.54, 1.807) is 0 Å². The second-order valence-corrected chi connectivity index (χ2v) is 10.4. The molecule has 2 aromatic carbocycles. The maximum Gasteiger partial charge on any atom is 0.120 e. The highest BCUT2D eigenvalue weighted by molar-refractivity contribution is 6.35. The van der Waals surface area contributed by atoms with Gasteiger partial charge in [0.25, 0.3) is 0 Å². The summed E-state index contributed by atoms with van der Waals surface area (Å²) in [7, 11) is 4.71. The first-order valence-corrected chi connectivity index (χ1v) is 13.0. The molecule has 0 N–H and O–H groups in total. The minimum absolute atomic E-state index is 0. The van der Waals surface area contributed by atoms with Crippen molar-refractivity contribution in [3.63, 3.8) is 0 Å². The fourth-order valence-corrected chi connectivity index (χ4v) is 5.04. The molecule has 0 amide bonds. The van der Waals surface area contributed by atoms with Crippen molar-refractivity contribution >= 4 is 23.2 Å². The zero-order valence-corrected chi connectivity index (χ0v) is 22.5. The van der Waals surface area contributed by atoms with Gasteiger partial charge in [0.2, 0.25) is 0 Å². The Morgan fingerprint density at radius 3 is 1.88 bits per heavy atom. The highest BCUT2D eigenvalue weighted by Gasteiger charge is 2.31. The molecule has 180 valence electrons. The Bertz CT molecular complexity index is 746. The van der Waals surface area contributed by atoms with Crippen molar-refractivity contribution in [2.45, 2.75) is 83.6 Å². The SMILES string of the molecule is CCCCCCCCCCCC[N+](C)(C)C(Cc1ccccc1)c1ccc(Cl)cc1Cl.[Cl-]. The Balaban J connectivity index is 0.00000512. The number of halogens is 3. The molecule has 0 heterocycles. The van der Waals surface area contributed by atoms with E-state index < -0.39 is 0 Å². The van der Waals surface area contributed by atoms with Crippen LogP contribution < -0.4 is 12.4 Å². The Hall–Kier alpha value is -0.730. The van der Waals surface area contributed by atoms with Crippen molar-refractivity contribution < 1.29 is 16.9 Å². The van der Waals surface area contributed by atoms with E-state index in [2.05, 4.69) is 57.4 Å². The van der Waals surface area contributed by atoms with Gasteiger partial charge in [-0.15, -0.1) is 0 Å². The second kappa shape index (κ2) is 16.0. The van der Waals surface area contributed by atoms with Crippen molar-refractivity contribution in [3.8, 4) is 0 Å². The van der Waals surface area contributed by atoms with E-state index >= 15 is 0 Å². The predicted molar refractivity (Wildman–Crippen MR) is 138 cm³/mol. The molecule has 0 fully saturated rings. The molecule has 0 spiro atoms. The van der Waals surface area contributed by atoms with Gasteiger partial charge in [-0.1, -0.05) is 118 Å². The molecule has 0 aliphatic carbocycles. The molecular weight excluding hydrogens is 457 g/mol. The van der Waals surface area contributed by atoms with Gasteiger partial charge >= 0.3 is 0 Å². The summed E-state index contributed by atoms with van der Waals surface area (Å²) in [5, 5.41) is 1.48. The van der Waals surface area contributed by atoms with Gasteiger partial charge in [0, 0.05) is 17.0 Å². The van der Waals surface area contributed by atoms with Gasteiger partial charge in [0.05, 0.1) is 25.7 Å². The summed E-state index contributed by atoms with van der Waals surface area (Å²) < 4.78 is 0.938. The molecule has 1 unspecified atom stereocenters. The third-order valence-electron chi connectivity index (χ3n) is 6.53. The fraction of sp³-hybridized carbons (Fsp3) is 0.571. The molecule has 2 rings (SSSR count). The summed E-state index contributed by atoms with van der Waals surface area (Å²) in [6.07, 6.45) is 14.7. The van der Waals surface area contributed by atoms with Gasteiger partial charge in [0.1, 0.15) is 6.04 Å². The van der Waals surface area contributed by atoms with Gasteiger partial charge in [0.15, 0.2) is 0 Å². The van der Waals surface area contributed by atoms with E-state index in [1.165, 1.54) is 75.3 Å². The summed E-state index contributed by atoms with van der Waals surface area (Å²) in [6, 6.07) is 17.1. The smallest absolute Gasteiger partial charge is 0.120 e. The number of unbranched alkanes of at least 4 members (excludes halogenated alkanes) is 9. The first-order chi connectivity index (χ1) is 14.9. The van der Waals surface area contributed by atoms with Gasteiger partial charge in [-0.25, -0.2) is 0 Å². The van der Waals surface area contributed by atoms with Crippen LogP contribution in [-0.4, -0.2) is 25.1 Å². The zero-order valence-electron chi connectivity index (χ0n) is 20.3. The number of nitrogens with zero attached hydrogens (tertiary/aromatic N) is 1. The third-order valence-corrected chi connectivity index (χ3v) is 7.09. The molecule has 0 aromatic heterocycles. The minimum atomic E-state index is 0. The molecule has 0 bridgehead atoms. The Morgan fingerprint density at radius 2 is 1.31 bits per heavy atom. The van der Waals surface area contributed by atoms with Gasteiger partial charge < -0.3 is 16.9 Å². The van der Waals surface area contributed by atoms with Crippen LogP contribution in [0.3, 0.4) is 0 Å². The van der Waals surface area contributed by atoms with Crippen molar-refractivity contribution in [2.75, 3.05) is 20.6 Å². The van der Waals surface area contributed by atoms with E-state index in [4.69, 9.17) is 23.2 Å². The van der Waals surface area contributed by atoms with Crippen LogP contribution in [0.25, 0.3) is 0 Å². The van der Waals surface area contributed by atoms with Crippen LogP contribution >= 0.6 is 23.2 Å². The van der Waals surface area contributed by atoms with Crippen LogP contribution in [0.15, 0.2) is 48.5 Å². The maximum atomic E-state index is 6.67. The highest BCUT2D eigenvalue weighted by Crippen LogP contribution is 2.35. The van der Waals surface area contributed by atoms with E-state index in [0.717, 1.165) is 22.5 Å². The monoisotopic (exact) mass is 497 g/mol. The van der Waals surface area contributed by atoms with Crippen molar-refractivity contribution in [1.82, 2.24) is 0 Å². The lowest BCUT2D eigenvalue weighted by Crippen LogP contribution is -3.00. The standard InChI is InChI=1S/C28H42Cl2N.ClH/c1-4-5-6-7-8-9-10-11-12-16-21-31(2,3)28(22-24-17-14-13-15-18-24)26-20-19-25(29)23-27(26)30;/h13-15,17-20,23,28H,4-12,16,21-22H2,1-3H3;1H/q+1;/p-1. The Morgan fingerprint density at radius 1 is 0.750 bits per heavy atom. The molecule has 1 nitrogen and oxygen atoms in total. The molecular formula is C28H42Cl3N. The largest absolute Gasteiger partial charge is 1.00 e. The number of benzene rings is 2. The van der Waals surface area contributed by atoms with Crippen LogP contribution in [0.5, 0.6) is 0 Å². The van der Waals surface area contributed by atoms with E-state index in [0.29, 0.717) is 11.1 Å². The average Bonchev–Trinajstić information content (AvgIpc) is 2.74. The van der Waals surface area contributed by atoms with Crippen molar-refractivity contribution in [3.05, 3.63) is 69.7 Å². The van der Waals surface area contributed by atoms with Gasteiger partial charge in [-0.05, 0) is 30.5 Å². The van der Waals surface area contributed by atoms with Crippen LogP contribution in [0.2, 0.25) is 10.0 Å².